The Morgan fingerprint density at radius 3 is 2.47 bits per heavy atom. The second-order valence-electron chi connectivity index (χ2n) is 14.6. The van der Waals surface area contributed by atoms with Crippen LogP contribution in [0, 0.1) is 23.7 Å². The van der Waals surface area contributed by atoms with Gasteiger partial charge in [0.05, 0.1) is 17.9 Å². The topological polar surface area (TPSA) is 94.2 Å². The molecule has 4 aliphatic heterocycles. The number of benzene rings is 2. The number of piperazine rings is 1. The van der Waals surface area contributed by atoms with Gasteiger partial charge in [-0.25, -0.2) is 0 Å². The molecular formula is C38H49Cl2N5O4. The van der Waals surface area contributed by atoms with Gasteiger partial charge in [-0.2, -0.15) is 0 Å². The number of carbonyl (C=O) groups excluding carboxylic acids is 3. The summed E-state index contributed by atoms with van der Waals surface area (Å²) in [5, 5.41) is 6.83. The van der Waals surface area contributed by atoms with E-state index in [0.717, 1.165) is 65.0 Å². The largest absolute Gasteiger partial charge is 0.359 e. The molecule has 5 aliphatic rings. The van der Waals surface area contributed by atoms with E-state index in [0.29, 0.717) is 29.1 Å². The Kier molecular flexibility index (Phi) is 11.1. The molecule has 3 saturated heterocycles. The van der Waals surface area contributed by atoms with Crippen molar-refractivity contribution < 1.29 is 19.1 Å². The quantitative estimate of drug-likeness (QED) is 0.338. The zero-order valence-corrected chi connectivity index (χ0v) is 30.0. The molecule has 49 heavy (non-hydrogen) atoms. The Morgan fingerprint density at radius 2 is 1.71 bits per heavy atom. The number of nitrogens with zero attached hydrogens (tertiary/aromatic N) is 3. The van der Waals surface area contributed by atoms with E-state index in [1.54, 1.807) is 29.2 Å². The molecule has 9 nitrogen and oxygen atoms in total. The van der Waals surface area contributed by atoms with Gasteiger partial charge in [0, 0.05) is 56.0 Å². The number of anilines is 1. The van der Waals surface area contributed by atoms with E-state index in [1.807, 2.05) is 18.2 Å². The van der Waals surface area contributed by atoms with E-state index in [2.05, 4.69) is 58.5 Å². The van der Waals surface area contributed by atoms with Gasteiger partial charge in [0.15, 0.2) is 0 Å². The lowest BCUT2D eigenvalue weighted by Crippen LogP contribution is -2.58. The van der Waals surface area contributed by atoms with Crippen molar-refractivity contribution in [1.82, 2.24) is 20.0 Å². The van der Waals surface area contributed by atoms with Gasteiger partial charge in [-0.15, -0.1) is 12.4 Å². The third-order valence-corrected chi connectivity index (χ3v) is 11.9. The summed E-state index contributed by atoms with van der Waals surface area (Å²) in [6, 6.07) is 16.8. The minimum Gasteiger partial charge on any atom is -0.359 e. The summed E-state index contributed by atoms with van der Waals surface area (Å²) in [5.74, 6) is -1.30. The molecule has 4 fully saturated rings. The fraction of sp³-hybridized carbons (Fsp3) is 0.553. The number of rotatable bonds is 10. The van der Waals surface area contributed by atoms with E-state index < -0.39 is 29.6 Å². The van der Waals surface area contributed by atoms with E-state index >= 15 is 0 Å². The molecule has 2 aromatic carbocycles. The van der Waals surface area contributed by atoms with Gasteiger partial charge >= 0.3 is 0 Å². The molecule has 1 spiro atoms. The second-order valence-corrected chi connectivity index (χ2v) is 15.0. The van der Waals surface area contributed by atoms with E-state index in [-0.39, 0.29) is 36.2 Å². The smallest absolute Gasteiger partial charge is 0.246 e. The molecule has 2 bridgehead atoms. The van der Waals surface area contributed by atoms with Crippen LogP contribution in [-0.2, 0) is 25.7 Å². The van der Waals surface area contributed by atoms with Crippen LogP contribution in [0.15, 0.2) is 66.7 Å². The van der Waals surface area contributed by atoms with Crippen molar-refractivity contribution in [3.05, 3.63) is 77.3 Å². The number of fused-ring (bicyclic) bond motifs is 1. The molecule has 7 rings (SSSR count). The molecule has 1 aliphatic carbocycles. The zero-order chi connectivity index (χ0) is 33.4. The highest BCUT2D eigenvalue weighted by atomic mass is 35.5. The van der Waals surface area contributed by atoms with Crippen LogP contribution in [0.5, 0.6) is 0 Å². The van der Waals surface area contributed by atoms with Crippen LogP contribution in [0.25, 0.3) is 0 Å². The highest BCUT2D eigenvalue weighted by molar-refractivity contribution is 6.30. The van der Waals surface area contributed by atoms with Gasteiger partial charge in [-0.1, -0.05) is 86.8 Å². The van der Waals surface area contributed by atoms with Crippen LogP contribution in [0.4, 0.5) is 5.69 Å². The summed E-state index contributed by atoms with van der Waals surface area (Å²) in [4.78, 5) is 49.2. The highest BCUT2D eigenvalue weighted by Crippen LogP contribution is 2.55. The Morgan fingerprint density at radius 1 is 0.959 bits per heavy atom. The molecule has 3 amide bonds. The van der Waals surface area contributed by atoms with Crippen LogP contribution in [0.3, 0.4) is 0 Å². The van der Waals surface area contributed by atoms with Crippen molar-refractivity contribution in [2.45, 2.75) is 69.9 Å². The lowest BCUT2D eigenvalue weighted by Gasteiger charge is -2.38. The number of halogens is 2. The van der Waals surface area contributed by atoms with Gasteiger partial charge in [-0.05, 0) is 55.0 Å². The number of amides is 3. The normalized spacial score (nSPS) is 32.5. The average molecular weight is 711 g/mol. The van der Waals surface area contributed by atoms with Crippen molar-refractivity contribution in [3.8, 4) is 0 Å². The van der Waals surface area contributed by atoms with Gasteiger partial charge in [-0.3, -0.25) is 19.3 Å². The first-order valence-corrected chi connectivity index (χ1v) is 18.1. The summed E-state index contributed by atoms with van der Waals surface area (Å²) >= 11 is 6.18. The highest BCUT2D eigenvalue weighted by Gasteiger charge is 2.72. The number of carbonyl (C=O) groups is 3. The van der Waals surface area contributed by atoms with Gasteiger partial charge in [0.25, 0.3) is 0 Å². The van der Waals surface area contributed by atoms with Crippen molar-refractivity contribution >= 4 is 47.4 Å². The zero-order valence-electron chi connectivity index (χ0n) is 28.4. The lowest BCUT2D eigenvalue weighted by molar-refractivity contribution is -0.141. The summed E-state index contributed by atoms with van der Waals surface area (Å²) in [7, 11) is 0. The van der Waals surface area contributed by atoms with Crippen LogP contribution in [0.2, 0.25) is 5.02 Å². The van der Waals surface area contributed by atoms with Crippen molar-refractivity contribution in [1.29, 1.82) is 0 Å². The average Bonchev–Trinajstić information content (AvgIpc) is 3.72. The molecule has 2 aromatic rings. The molecule has 11 heteroatoms. The number of hydrogen-bond acceptors (Lipinski definition) is 6. The summed E-state index contributed by atoms with van der Waals surface area (Å²) in [6.07, 6.45) is 7.08. The van der Waals surface area contributed by atoms with Crippen LogP contribution >= 0.6 is 24.0 Å². The molecule has 8 atom stereocenters. The molecule has 0 aromatic heterocycles. The minimum absolute atomic E-state index is 0. The van der Waals surface area contributed by atoms with Crippen LogP contribution < -0.4 is 10.6 Å². The van der Waals surface area contributed by atoms with E-state index in [9.17, 15) is 14.4 Å². The van der Waals surface area contributed by atoms with Crippen molar-refractivity contribution in [2.24, 2.45) is 23.7 Å². The first kappa shape index (κ1) is 35.9. The first-order valence-electron chi connectivity index (χ1n) is 17.8. The third-order valence-electron chi connectivity index (χ3n) is 11.6. The van der Waals surface area contributed by atoms with E-state index in [4.69, 9.17) is 16.3 Å². The molecule has 4 heterocycles. The standard InChI is InChI=1S/C38H48ClN5O4.ClH/c1-25-9-6-14-30(26(25)2)41-36(46)34-38-16-15-31(48-38)32(35(45)40-29-13-7-12-28(39)23-29)33(38)37(47)44(34)18-8-17-42-19-21-43(22-20-42)24-27-10-4-3-5-11-27;/h3-5,7,10-13,15-16,23,25-26,30-34H,6,8-9,14,17-22,24H2,1-2H3,(H,40,45)(H,41,46);1H. The van der Waals surface area contributed by atoms with Crippen molar-refractivity contribution in [3.63, 3.8) is 0 Å². The molecule has 8 unspecified atom stereocenters. The maximum atomic E-state index is 14.4. The summed E-state index contributed by atoms with van der Waals surface area (Å²) in [5.41, 5.74) is 0.721. The molecular weight excluding hydrogens is 661 g/mol. The second kappa shape index (κ2) is 15.1. The first-order chi connectivity index (χ1) is 23.2. The third kappa shape index (κ3) is 7.15. The Labute approximate surface area is 301 Å². The Balaban J connectivity index is 0.00000417. The Bertz CT molecular complexity index is 1530. The maximum Gasteiger partial charge on any atom is 0.246 e. The van der Waals surface area contributed by atoms with Gasteiger partial charge in [0.1, 0.15) is 11.6 Å². The fourth-order valence-electron chi connectivity index (χ4n) is 8.82. The van der Waals surface area contributed by atoms with Gasteiger partial charge < -0.3 is 25.2 Å². The van der Waals surface area contributed by atoms with Gasteiger partial charge in [0.2, 0.25) is 17.7 Å². The number of nitrogens with one attached hydrogen (secondary N) is 2. The monoisotopic (exact) mass is 709 g/mol. The maximum absolute atomic E-state index is 14.4. The van der Waals surface area contributed by atoms with Crippen LogP contribution in [-0.4, -0.2) is 95.5 Å². The SMILES string of the molecule is CC1CCCC(NC(=O)C2N(CCCN3CCN(Cc4ccccc4)CC3)C(=O)C3C(C(=O)Nc4cccc(Cl)c4)C4C=CC32O4)C1C.Cl. The van der Waals surface area contributed by atoms with Crippen molar-refractivity contribution in [2.75, 3.05) is 44.6 Å². The van der Waals surface area contributed by atoms with E-state index in [1.165, 1.54) is 5.56 Å². The number of hydrogen-bond donors (Lipinski definition) is 2. The fourth-order valence-corrected chi connectivity index (χ4v) is 9.01. The molecule has 1 saturated carbocycles. The lowest BCUT2D eigenvalue weighted by atomic mass is 9.73. The number of likely N-dealkylation sites (tertiary alicyclic amines) is 1. The molecule has 264 valence electrons. The predicted molar refractivity (Wildman–Crippen MR) is 193 cm³/mol. The minimum atomic E-state index is -1.17. The summed E-state index contributed by atoms with van der Waals surface area (Å²) in [6.45, 7) is 10.6. The predicted octanol–water partition coefficient (Wildman–Crippen LogP) is 5.00. The van der Waals surface area contributed by atoms with Crippen LogP contribution in [0.1, 0.15) is 45.1 Å². The Hall–Kier alpha value is -2.95. The number of ether oxygens (including phenoxy) is 1. The molecule has 0 radical (unpaired) electrons. The molecule has 2 N–H and O–H groups in total. The summed E-state index contributed by atoms with van der Waals surface area (Å²) < 4.78 is 6.57.